The van der Waals surface area contributed by atoms with Crippen LogP contribution in [-0.4, -0.2) is 12.5 Å². The Hall–Kier alpha value is -3.01. The number of rotatable bonds is 4. The third-order valence-corrected chi connectivity index (χ3v) is 2.96. The Morgan fingerprint density at radius 2 is 1.57 bits per heavy atom. The standard InChI is InChI=1S/C16H12F3N3O/c17-16(18,19)12-3-7-13(8-4-12)21-10-15(23)22-14-5-1-11(9-20)2-6-14/h1-8,21H,10H2,(H,22,23). The van der Waals surface area contributed by atoms with Gasteiger partial charge in [0.1, 0.15) is 0 Å². The zero-order valence-electron chi connectivity index (χ0n) is 11.8. The first kappa shape index (κ1) is 16.4. The summed E-state index contributed by atoms with van der Waals surface area (Å²) in [6, 6.07) is 12.7. The fraction of sp³-hybridized carbons (Fsp3) is 0.125. The SMILES string of the molecule is N#Cc1ccc(NC(=O)CNc2ccc(C(F)(F)F)cc2)cc1. The topological polar surface area (TPSA) is 64.9 Å². The second kappa shape index (κ2) is 6.83. The van der Waals surface area contributed by atoms with Gasteiger partial charge in [-0.25, -0.2) is 0 Å². The lowest BCUT2D eigenvalue weighted by Crippen LogP contribution is -2.21. The van der Waals surface area contributed by atoms with E-state index in [2.05, 4.69) is 10.6 Å². The molecule has 0 saturated carbocycles. The number of nitriles is 1. The van der Waals surface area contributed by atoms with Crippen LogP contribution >= 0.6 is 0 Å². The third-order valence-electron chi connectivity index (χ3n) is 2.96. The lowest BCUT2D eigenvalue weighted by Gasteiger charge is -2.10. The van der Waals surface area contributed by atoms with Crippen molar-refractivity contribution in [3.8, 4) is 6.07 Å². The maximum Gasteiger partial charge on any atom is 0.416 e. The summed E-state index contributed by atoms with van der Waals surface area (Å²) < 4.78 is 37.3. The van der Waals surface area contributed by atoms with Crippen molar-refractivity contribution < 1.29 is 18.0 Å². The molecule has 2 aromatic rings. The zero-order valence-corrected chi connectivity index (χ0v) is 11.8. The predicted molar refractivity (Wildman–Crippen MR) is 79.7 cm³/mol. The average Bonchev–Trinajstić information content (AvgIpc) is 2.53. The van der Waals surface area contributed by atoms with Crippen molar-refractivity contribution in [1.29, 1.82) is 5.26 Å². The van der Waals surface area contributed by atoms with Crippen molar-refractivity contribution in [2.45, 2.75) is 6.18 Å². The van der Waals surface area contributed by atoms with Crippen LogP contribution in [0.4, 0.5) is 24.5 Å². The van der Waals surface area contributed by atoms with Gasteiger partial charge < -0.3 is 10.6 Å². The Kier molecular flexibility index (Phi) is 4.86. The molecular formula is C16H12F3N3O. The van der Waals surface area contributed by atoms with Gasteiger partial charge in [-0.3, -0.25) is 4.79 Å². The Morgan fingerprint density at radius 1 is 1.00 bits per heavy atom. The molecule has 0 aromatic heterocycles. The van der Waals surface area contributed by atoms with Crippen LogP contribution in [0.3, 0.4) is 0 Å². The van der Waals surface area contributed by atoms with Gasteiger partial charge >= 0.3 is 6.18 Å². The number of hydrogen-bond acceptors (Lipinski definition) is 3. The van der Waals surface area contributed by atoms with Crippen LogP contribution in [0.5, 0.6) is 0 Å². The molecule has 2 rings (SSSR count). The molecule has 0 aliphatic heterocycles. The molecule has 0 atom stereocenters. The number of anilines is 2. The number of alkyl halides is 3. The molecule has 0 heterocycles. The summed E-state index contributed by atoms with van der Waals surface area (Å²) in [5.74, 6) is -0.352. The number of carbonyl (C=O) groups is 1. The number of amides is 1. The van der Waals surface area contributed by atoms with E-state index in [4.69, 9.17) is 5.26 Å². The summed E-state index contributed by atoms with van der Waals surface area (Å²) in [6.07, 6.45) is -4.38. The molecule has 1 amide bonds. The molecule has 0 aliphatic carbocycles. The minimum atomic E-state index is -4.38. The molecule has 0 saturated heterocycles. The van der Waals surface area contributed by atoms with Crippen LogP contribution in [-0.2, 0) is 11.0 Å². The maximum absolute atomic E-state index is 12.4. The Bertz CT molecular complexity index is 716. The summed E-state index contributed by atoms with van der Waals surface area (Å²) in [5, 5.41) is 14.0. The molecule has 0 bridgehead atoms. The van der Waals surface area contributed by atoms with Crippen LogP contribution in [0.1, 0.15) is 11.1 Å². The highest BCUT2D eigenvalue weighted by atomic mass is 19.4. The largest absolute Gasteiger partial charge is 0.416 e. The highest BCUT2D eigenvalue weighted by molar-refractivity contribution is 5.93. The summed E-state index contributed by atoms with van der Waals surface area (Å²) in [6.45, 7) is -0.0919. The number of benzene rings is 2. The van der Waals surface area contributed by atoms with E-state index in [0.29, 0.717) is 16.9 Å². The maximum atomic E-state index is 12.4. The molecule has 7 heteroatoms. The van der Waals surface area contributed by atoms with Gasteiger partial charge in [-0.1, -0.05) is 0 Å². The normalized spacial score (nSPS) is 10.7. The first-order valence-corrected chi connectivity index (χ1v) is 6.59. The Morgan fingerprint density at radius 3 is 2.09 bits per heavy atom. The van der Waals surface area contributed by atoms with E-state index in [1.807, 2.05) is 6.07 Å². The zero-order chi connectivity index (χ0) is 16.9. The van der Waals surface area contributed by atoms with Crippen molar-refractivity contribution in [3.63, 3.8) is 0 Å². The smallest absolute Gasteiger partial charge is 0.376 e. The first-order chi connectivity index (χ1) is 10.9. The van der Waals surface area contributed by atoms with Gasteiger partial charge in [0.05, 0.1) is 23.7 Å². The van der Waals surface area contributed by atoms with Gasteiger partial charge in [-0.15, -0.1) is 0 Å². The van der Waals surface area contributed by atoms with Gasteiger partial charge in [-0.05, 0) is 48.5 Å². The van der Waals surface area contributed by atoms with Crippen LogP contribution in [0.15, 0.2) is 48.5 Å². The van der Waals surface area contributed by atoms with E-state index in [9.17, 15) is 18.0 Å². The van der Waals surface area contributed by atoms with Gasteiger partial charge in [0.25, 0.3) is 0 Å². The van der Waals surface area contributed by atoms with Crippen molar-refractivity contribution in [2.24, 2.45) is 0 Å². The number of nitrogens with one attached hydrogen (secondary N) is 2. The Labute approximate surface area is 130 Å². The van der Waals surface area contributed by atoms with Crippen molar-refractivity contribution >= 4 is 17.3 Å². The highest BCUT2D eigenvalue weighted by Gasteiger charge is 2.29. The molecule has 0 radical (unpaired) electrons. The van der Waals surface area contributed by atoms with Crippen molar-refractivity contribution in [1.82, 2.24) is 0 Å². The Balaban J connectivity index is 1.87. The van der Waals surface area contributed by atoms with Gasteiger partial charge in [-0.2, -0.15) is 18.4 Å². The minimum absolute atomic E-state index is 0.0919. The molecule has 2 aromatic carbocycles. The lowest BCUT2D eigenvalue weighted by atomic mass is 10.2. The monoisotopic (exact) mass is 319 g/mol. The minimum Gasteiger partial charge on any atom is -0.376 e. The van der Waals surface area contributed by atoms with Gasteiger partial charge in [0.15, 0.2) is 0 Å². The van der Waals surface area contributed by atoms with E-state index in [0.717, 1.165) is 12.1 Å². The molecule has 0 unspecified atom stereocenters. The fourth-order valence-electron chi connectivity index (χ4n) is 1.79. The van der Waals surface area contributed by atoms with Gasteiger partial charge in [0.2, 0.25) is 5.91 Å². The van der Waals surface area contributed by atoms with E-state index in [1.54, 1.807) is 24.3 Å². The summed E-state index contributed by atoms with van der Waals surface area (Å²) in [5.41, 5.74) is 0.673. The molecule has 0 fully saturated rings. The quantitative estimate of drug-likeness (QED) is 0.904. The second-order valence-electron chi connectivity index (χ2n) is 4.67. The van der Waals surface area contributed by atoms with Crippen LogP contribution in [0, 0.1) is 11.3 Å². The van der Waals surface area contributed by atoms with E-state index in [-0.39, 0.29) is 12.5 Å². The molecule has 0 aliphatic rings. The molecule has 118 valence electrons. The van der Waals surface area contributed by atoms with Crippen LogP contribution in [0.25, 0.3) is 0 Å². The summed E-state index contributed by atoms with van der Waals surface area (Å²) in [7, 11) is 0. The molecule has 2 N–H and O–H groups in total. The fourth-order valence-corrected chi connectivity index (χ4v) is 1.79. The molecule has 4 nitrogen and oxygen atoms in total. The first-order valence-electron chi connectivity index (χ1n) is 6.59. The van der Waals surface area contributed by atoms with E-state index >= 15 is 0 Å². The average molecular weight is 319 g/mol. The van der Waals surface area contributed by atoms with Crippen LogP contribution in [0.2, 0.25) is 0 Å². The van der Waals surface area contributed by atoms with E-state index < -0.39 is 11.7 Å². The predicted octanol–water partition coefficient (Wildman–Crippen LogP) is 3.63. The second-order valence-corrected chi connectivity index (χ2v) is 4.67. The lowest BCUT2D eigenvalue weighted by molar-refractivity contribution is -0.137. The number of hydrogen-bond donors (Lipinski definition) is 2. The van der Waals surface area contributed by atoms with Gasteiger partial charge in [0, 0.05) is 11.4 Å². The molecular weight excluding hydrogens is 307 g/mol. The number of carbonyl (C=O) groups excluding carboxylic acids is 1. The third kappa shape index (κ3) is 4.74. The van der Waals surface area contributed by atoms with Crippen molar-refractivity contribution in [2.75, 3.05) is 17.2 Å². The number of nitrogens with zero attached hydrogens (tertiary/aromatic N) is 1. The number of halogens is 3. The van der Waals surface area contributed by atoms with Crippen LogP contribution < -0.4 is 10.6 Å². The molecule has 23 heavy (non-hydrogen) atoms. The summed E-state index contributed by atoms with van der Waals surface area (Å²) >= 11 is 0. The van der Waals surface area contributed by atoms with E-state index in [1.165, 1.54) is 12.1 Å². The molecule has 0 spiro atoms. The summed E-state index contributed by atoms with van der Waals surface area (Å²) in [4.78, 5) is 11.7. The highest BCUT2D eigenvalue weighted by Crippen LogP contribution is 2.29. The van der Waals surface area contributed by atoms with Crippen molar-refractivity contribution in [3.05, 3.63) is 59.7 Å².